The van der Waals surface area contributed by atoms with Crippen LogP contribution in [0, 0.1) is 0 Å². The number of nitrogens with one attached hydrogen (secondary N) is 1. The minimum absolute atomic E-state index is 0.438. The number of hydrogen-bond donors (Lipinski definition) is 1. The average molecular weight is 167 g/mol. The lowest BCUT2D eigenvalue weighted by Crippen LogP contribution is -2.08. The van der Waals surface area contributed by atoms with Crippen LogP contribution in [-0.2, 0) is 0 Å². The summed E-state index contributed by atoms with van der Waals surface area (Å²) in [7, 11) is 0. The maximum Gasteiger partial charge on any atom is 0.0728 e. The van der Waals surface area contributed by atoms with E-state index >= 15 is 0 Å². The first-order chi connectivity index (χ1) is 5.59. The summed E-state index contributed by atoms with van der Waals surface area (Å²) in [6.45, 7) is 8.47. The first-order valence-electron chi connectivity index (χ1n) is 4.40. The van der Waals surface area contributed by atoms with Crippen molar-refractivity contribution < 1.29 is 0 Å². The molecule has 0 aromatic carbocycles. The Bertz CT molecular complexity index is 238. The van der Waals surface area contributed by atoms with Crippen molar-refractivity contribution in [3.63, 3.8) is 0 Å². The maximum atomic E-state index is 4.22. The molecule has 0 radical (unpaired) electrons. The number of hydrogen-bond acceptors (Lipinski definition) is 2. The molecule has 0 aliphatic rings. The fourth-order valence-electron chi connectivity index (χ4n) is 1.03. The van der Waals surface area contributed by atoms with Crippen LogP contribution in [-0.4, -0.2) is 15.8 Å². The molecule has 0 bridgehead atoms. The fraction of sp³-hybridized carbons (Fsp3) is 0.667. The predicted molar refractivity (Wildman–Crippen MR) is 51.4 cm³/mol. The second kappa shape index (κ2) is 3.61. The molecule has 0 spiro atoms. The molecule has 12 heavy (non-hydrogen) atoms. The van der Waals surface area contributed by atoms with E-state index in [0.717, 1.165) is 5.69 Å². The maximum absolute atomic E-state index is 4.22. The number of aromatic nitrogens is 2. The van der Waals surface area contributed by atoms with E-state index in [9.17, 15) is 0 Å². The Balaban J connectivity index is 2.64. The van der Waals surface area contributed by atoms with E-state index in [1.165, 1.54) is 0 Å². The number of nitrogens with zero attached hydrogens (tertiary/aromatic N) is 2. The van der Waals surface area contributed by atoms with Gasteiger partial charge in [-0.1, -0.05) is 0 Å². The summed E-state index contributed by atoms with van der Waals surface area (Å²) in [5, 5.41) is 7.52. The monoisotopic (exact) mass is 167 g/mol. The van der Waals surface area contributed by atoms with Crippen LogP contribution in [0.15, 0.2) is 12.4 Å². The highest BCUT2D eigenvalue weighted by Gasteiger charge is 2.01. The highest BCUT2D eigenvalue weighted by molar-refractivity contribution is 5.38. The molecular weight excluding hydrogens is 150 g/mol. The Morgan fingerprint density at radius 1 is 1.33 bits per heavy atom. The van der Waals surface area contributed by atoms with Crippen LogP contribution in [0.3, 0.4) is 0 Å². The van der Waals surface area contributed by atoms with Crippen LogP contribution < -0.4 is 5.32 Å². The van der Waals surface area contributed by atoms with Gasteiger partial charge in [0.25, 0.3) is 0 Å². The third-order valence-corrected chi connectivity index (χ3v) is 1.59. The van der Waals surface area contributed by atoms with Crippen molar-refractivity contribution in [2.24, 2.45) is 0 Å². The lowest BCUT2D eigenvalue weighted by molar-refractivity contribution is 0.532. The zero-order valence-electron chi connectivity index (χ0n) is 8.20. The third kappa shape index (κ3) is 2.26. The van der Waals surface area contributed by atoms with Crippen LogP contribution in [0.4, 0.5) is 5.69 Å². The molecular formula is C9H17N3. The molecule has 3 nitrogen and oxygen atoms in total. The quantitative estimate of drug-likeness (QED) is 0.748. The SMILES string of the molecule is CC(C)Nc1cnn(C(C)C)c1. The Morgan fingerprint density at radius 2 is 2.00 bits per heavy atom. The third-order valence-electron chi connectivity index (χ3n) is 1.59. The minimum Gasteiger partial charge on any atom is -0.380 e. The van der Waals surface area contributed by atoms with Gasteiger partial charge in [0, 0.05) is 18.3 Å². The molecule has 0 saturated carbocycles. The molecule has 3 heteroatoms. The zero-order chi connectivity index (χ0) is 9.14. The van der Waals surface area contributed by atoms with Crippen molar-refractivity contribution in [1.29, 1.82) is 0 Å². The molecule has 0 unspecified atom stereocenters. The van der Waals surface area contributed by atoms with Gasteiger partial charge in [-0.15, -0.1) is 0 Å². The van der Waals surface area contributed by atoms with E-state index in [2.05, 4.69) is 38.1 Å². The normalized spacial score (nSPS) is 11.2. The molecule has 0 amide bonds. The van der Waals surface area contributed by atoms with Gasteiger partial charge in [0.2, 0.25) is 0 Å². The summed E-state index contributed by atoms with van der Waals surface area (Å²) < 4.78 is 1.95. The molecule has 0 fully saturated rings. The summed E-state index contributed by atoms with van der Waals surface area (Å²) >= 11 is 0. The van der Waals surface area contributed by atoms with Crippen LogP contribution >= 0.6 is 0 Å². The van der Waals surface area contributed by atoms with Crippen molar-refractivity contribution in [2.75, 3.05) is 5.32 Å². The molecule has 1 heterocycles. The Hall–Kier alpha value is -0.990. The molecule has 1 rings (SSSR count). The molecule has 68 valence electrons. The van der Waals surface area contributed by atoms with Crippen LogP contribution in [0.2, 0.25) is 0 Å². The van der Waals surface area contributed by atoms with E-state index < -0.39 is 0 Å². The van der Waals surface area contributed by atoms with Gasteiger partial charge in [-0.2, -0.15) is 5.10 Å². The summed E-state index contributed by atoms with van der Waals surface area (Å²) in [4.78, 5) is 0. The summed E-state index contributed by atoms with van der Waals surface area (Å²) in [5.74, 6) is 0. The molecule has 0 atom stereocenters. The summed E-state index contributed by atoms with van der Waals surface area (Å²) in [6.07, 6.45) is 3.89. The second-order valence-electron chi connectivity index (χ2n) is 3.60. The van der Waals surface area contributed by atoms with Gasteiger partial charge in [-0.05, 0) is 27.7 Å². The highest BCUT2D eigenvalue weighted by atomic mass is 15.3. The standard InChI is InChI=1S/C9H17N3/c1-7(2)11-9-5-10-12(6-9)8(3)4/h5-8,11H,1-4H3. The first-order valence-corrected chi connectivity index (χ1v) is 4.40. The molecule has 0 saturated heterocycles. The molecule has 1 aromatic rings. The van der Waals surface area contributed by atoms with E-state index in [-0.39, 0.29) is 0 Å². The summed E-state index contributed by atoms with van der Waals surface area (Å²) in [5.41, 5.74) is 1.10. The van der Waals surface area contributed by atoms with Crippen LogP contribution in [0.5, 0.6) is 0 Å². The van der Waals surface area contributed by atoms with E-state index in [0.29, 0.717) is 12.1 Å². The smallest absolute Gasteiger partial charge is 0.0728 e. The minimum atomic E-state index is 0.438. The first kappa shape index (κ1) is 9.10. The predicted octanol–water partition coefficient (Wildman–Crippen LogP) is 2.28. The van der Waals surface area contributed by atoms with Crippen molar-refractivity contribution in [2.45, 2.75) is 39.8 Å². The lowest BCUT2D eigenvalue weighted by atomic mass is 10.4. The Labute approximate surface area is 73.8 Å². The van der Waals surface area contributed by atoms with Gasteiger partial charge in [-0.3, -0.25) is 4.68 Å². The highest BCUT2D eigenvalue weighted by Crippen LogP contribution is 2.10. The molecule has 0 aliphatic heterocycles. The Kier molecular flexibility index (Phi) is 2.74. The largest absolute Gasteiger partial charge is 0.380 e. The van der Waals surface area contributed by atoms with Gasteiger partial charge in [0.15, 0.2) is 0 Å². The van der Waals surface area contributed by atoms with Crippen molar-refractivity contribution in [3.8, 4) is 0 Å². The number of anilines is 1. The second-order valence-corrected chi connectivity index (χ2v) is 3.60. The van der Waals surface area contributed by atoms with Gasteiger partial charge in [-0.25, -0.2) is 0 Å². The topological polar surface area (TPSA) is 29.9 Å². The zero-order valence-corrected chi connectivity index (χ0v) is 8.20. The van der Waals surface area contributed by atoms with Gasteiger partial charge in [0.1, 0.15) is 0 Å². The number of rotatable bonds is 3. The molecule has 1 aromatic heterocycles. The van der Waals surface area contributed by atoms with Crippen molar-refractivity contribution >= 4 is 5.69 Å². The van der Waals surface area contributed by atoms with Gasteiger partial charge in [0.05, 0.1) is 11.9 Å². The van der Waals surface area contributed by atoms with Gasteiger partial charge < -0.3 is 5.32 Å². The van der Waals surface area contributed by atoms with Crippen molar-refractivity contribution in [3.05, 3.63) is 12.4 Å². The van der Waals surface area contributed by atoms with Crippen LogP contribution in [0.25, 0.3) is 0 Å². The van der Waals surface area contributed by atoms with E-state index in [4.69, 9.17) is 0 Å². The average Bonchev–Trinajstić information content (AvgIpc) is 2.34. The van der Waals surface area contributed by atoms with Gasteiger partial charge >= 0.3 is 0 Å². The Morgan fingerprint density at radius 3 is 2.42 bits per heavy atom. The summed E-state index contributed by atoms with van der Waals surface area (Å²) in [6, 6.07) is 0.905. The van der Waals surface area contributed by atoms with Crippen molar-refractivity contribution in [1.82, 2.24) is 9.78 Å². The fourth-order valence-corrected chi connectivity index (χ4v) is 1.03. The molecule has 1 N–H and O–H groups in total. The van der Waals surface area contributed by atoms with Crippen LogP contribution in [0.1, 0.15) is 33.7 Å². The van der Waals surface area contributed by atoms with E-state index in [1.807, 2.05) is 17.1 Å². The lowest BCUT2D eigenvalue weighted by Gasteiger charge is -2.06. The molecule has 0 aliphatic carbocycles. The van der Waals surface area contributed by atoms with E-state index in [1.54, 1.807) is 0 Å².